The molecule has 0 saturated carbocycles. The number of phenols is 1. The first-order valence-corrected chi connectivity index (χ1v) is 8.23. The summed E-state index contributed by atoms with van der Waals surface area (Å²) in [6, 6.07) is 13.4. The highest BCUT2D eigenvalue weighted by Crippen LogP contribution is 2.38. The Labute approximate surface area is 145 Å². The number of hydrogen-bond donors (Lipinski definition) is 1. The normalized spacial score (nSPS) is 15.6. The number of ether oxygens (including phenoxy) is 1. The third kappa shape index (κ3) is 3.90. The van der Waals surface area contributed by atoms with Crippen LogP contribution in [0.3, 0.4) is 0 Å². The molecule has 1 saturated heterocycles. The van der Waals surface area contributed by atoms with E-state index in [1.807, 2.05) is 23.2 Å². The molecular weight excluding hydrogens is 335 g/mol. The second-order valence-corrected chi connectivity index (χ2v) is 6.21. The number of aromatic hydroxyl groups is 1. The third-order valence-corrected chi connectivity index (χ3v) is 4.30. The number of phenolic OH excluding ortho intramolecular Hbond substituents is 1. The van der Waals surface area contributed by atoms with Crippen molar-refractivity contribution in [2.45, 2.75) is 6.54 Å². The highest BCUT2D eigenvalue weighted by molar-refractivity contribution is 6.36. The van der Waals surface area contributed by atoms with Gasteiger partial charge >= 0.3 is 0 Å². The Balaban J connectivity index is 1.97. The Morgan fingerprint density at radius 2 is 1.78 bits per heavy atom. The van der Waals surface area contributed by atoms with Gasteiger partial charge in [0.2, 0.25) is 0 Å². The predicted octanol–water partition coefficient (Wildman–Crippen LogP) is 3.95. The zero-order valence-electron chi connectivity index (χ0n) is 12.6. The average molecular weight is 353 g/mol. The Morgan fingerprint density at radius 3 is 2.48 bits per heavy atom. The second kappa shape index (κ2) is 7.41. The highest BCUT2D eigenvalue weighted by Gasteiger charge is 2.23. The van der Waals surface area contributed by atoms with Crippen molar-refractivity contribution in [3.8, 4) is 5.75 Å². The summed E-state index contributed by atoms with van der Waals surface area (Å²) in [5, 5.41) is 15.3. The first-order valence-electron chi connectivity index (χ1n) is 7.47. The minimum Gasteiger partial charge on any atom is -0.504 e. The van der Waals surface area contributed by atoms with Gasteiger partial charge in [-0.2, -0.15) is 0 Å². The Hall–Kier alpha value is -1.46. The molecule has 1 aliphatic rings. The number of anilines is 1. The lowest BCUT2D eigenvalue weighted by molar-refractivity contribution is 0.0304. The first kappa shape index (κ1) is 16.4. The molecular formula is C17H18Cl2N2O2. The van der Waals surface area contributed by atoms with Gasteiger partial charge in [0, 0.05) is 18.1 Å². The van der Waals surface area contributed by atoms with E-state index in [1.165, 1.54) is 0 Å². The molecule has 3 rings (SSSR count). The molecule has 0 aromatic heterocycles. The molecule has 122 valence electrons. The first-order chi connectivity index (χ1) is 11.1. The number of rotatable bonds is 4. The van der Waals surface area contributed by atoms with Gasteiger partial charge in [-0.05, 0) is 17.7 Å². The van der Waals surface area contributed by atoms with Gasteiger partial charge in [-0.25, -0.2) is 5.01 Å². The number of benzene rings is 2. The molecule has 1 fully saturated rings. The summed E-state index contributed by atoms with van der Waals surface area (Å²) >= 11 is 12.2. The van der Waals surface area contributed by atoms with Crippen molar-refractivity contribution in [1.29, 1.82) is 0 Å². The molecule has 0 bridgehead atoms. The van der Waals surface area contributed by atoms with Gasteiger partial charge in [-0.1, -0.05) is 53.5 Å². The molecule has 0 atom stereocenters. The molecule has 0 spiro atoms. The molecule has 23 heavy (non-hydrogen) atoms. The van der Waals surface area contributed by atoms with E-state index in [-0.39, 0.29) is 10.8 Å². The topological polar surface area (TPSA) is 35.9 Å². The summed E-state index contributed by atoms with van der Waals surface area (Å²) in [4.78, 5) is 0. The van der Waals surface area contributed by atoms with Crippen molar-refractivity contribution < 1.29 is 9.84 Å². The van der Waals surface area contributed by atoms with E-state index in [4.69, 9.17) is 27.9 Å². The quantitative estimate of drug-likeness (QED) is 0.903. The van der Waals surface area contributed by atoms with Crippen LogP contribution in [0.5, 0.6) is 5.75 Å². The summed E-state index contributed by atoms with van der Waals surface area (Å²) in [5.41, 5.74) is 1.74. The zero-order chi connectivity index (χ0) is 16.2. The highest BCUT2D eigenvalue weighted by atomic mass is 35.5. The minimum atomic E-state index is 0.0403. The molecule has 0 unspecified atom stereocenters. The predicted molar refractivity (Wildman–Crippen MR) is 93.1 cm³/mol. The lowest BCUT2D eigenvalue weighted by Gasteiger charge is -2.39. The van der Waals surface area contributed by atoms with Crippen LogP contribution in [0, 0.1) is 0 Å². The van der Waals surface area contributed by atoms with Crippen molar-refractivity contribution in [3.63, 3.8) is 0 Å². The van der Waals surface area contributed by atoms with Crippen LogP contribution in [0.15, 0.2) is 42.5 Å². The molecule has 4 nitrogen and oxygen atoms in total. The molecule has 2 aromatic rings. The lowest BCUT2D eigenvalue weighted by atomic mass is 10.2. The van der Waals surface area contributed by atoms with Gasteiger partial charge in [0.05, 0.1) is 30.5 Å². The van der Waals surface area contributed by atoms with E-state index >= 15 is 0 Å². The Bertz CT molecular complexity index is 661. The van der Waals surface area contributed by atoms with Crippen LogP contribution in [0.4, 0.5) is 5.69 Å². The summed E-state index contributed by atoms with van der Waals surface area (Å²) in [6.07, 6.45) is 0. The standard InChI is InChI=1S/C17H18Cl2N2O2/c18-14-10-15(19)17(22)16(11-14)21(20-6-8-23-9-7-20)12-13-4-2-1-3-5-13/h1-5,10-11,22H,6-9,12H2. The largest absolute Gasteiger partial charge is 0.504 e. The van der Waals surface area contributed by atoms with Crippen LogP contribution in [0.1, 0.15) is 5.56 Å². The van der Waals surface area contributed by atoms with Crippen molar-refractivity contribution in [2.75, 3.05) is 31.3 Å². The van der Waals surface area contributed by atoms with Crippen molar-refractivity contribution >= 4 is 28.9 Å². The van der Waals surface area contributed by atoms with Gasteiger partial charge in [-0.3, -0.25) is 5.01 Å². The Kier molecular flexibility index (Phi) is 5.28. The fraction of sp³-hybridized carbons (Fsp3) is 0.294. The SMILES string of the molecule is Oc1c(Cl)cc(Cl)cc1N(Cc1ccccc1)N1CCOCC1. The van der Waals surface area contributed by atoms with E-state index in [9.17, 15) is 5.11 Å². The van der Waals surface area contributed by atoms with Gasteiger partial charge < -0.3 is 9.84 Å². The number of hydrazine groups is 1. The molecule has 1 N–H and O–H groups in total. The van der Waals surface area contributed by atoms with Gasteiger partial charge in [0.1, 0.15) is 0 Å². The summed E-state index contributed by atoms with van der Waals surface area (Å²) in [5.74, 6) is 0.0403. The van der Waals surface area contributed by atoms with Gasteiger partial charge in [-0.15, -0.1) is 0 Å². The fourth-order valence-corrected chi connectivity index (χ4v) is 3.12. The fourth-order valence-electron chi connectivity index (χ4n) is 2.64. The molecule has 2 aromatic carbocycles. The maximum Gasteiger partial charge on any atom is 0.159 e. The van der Waals surface area contributed by atoms with Gasteiger partial charge in [0.25, 0.3) is 0 Å². The zero-order valence-corrected chi connectivity index (χ0v) is 14.1. The van der Waals surface area contributed by atoms with Crippen LogP contribution < -0.4 is 5.01 Å². The lowest BCUT2D eigenvalue weighted by Crippen LogP contribution is -2.48. The number of morpholine rings is 1. The van der Waals surface area contributed by atoms with E-state index in [0.717, 1.165) is 18.7 Å². The van der Waals surface area contributed by atoms with Crippen molar-refractivity contribution in [2.24, 2.45) is 0 Å². The van der Waals surface area contributed by atoms with Crippen LogP contribution in [-0.2, 0) is 11.3 Å². The maximum atomic E-state index is 10.4. The van der Waals surface area contributed by atoms with E-state index in [0.29, 0.717) is 30.5 Å². The number of halogens is 2. The van der Waals surface area contributed by atoms with E-state index in [2.05, 4.69) is 17.1 Å². The summed E-state index contributed by atoms with van der Waals surface area (Å²) in [6.45, 7) is 3.42. The average Bonchev–Trinajstić information content (AvgIpc) is 2.58. The van der Waals surface area contributed by atoms with Gasteiger partial charge in [0.15, 0.2) is 5.75 Å². The van der Waals surface area contributed by atoms with E-state index < -0.39 is 0 Å². The van der Waals surface area contributed by atoms with Crippen LogP contribution in [0.2, 0.25) is 10.0 Å². The second-order valence-electron chi connectivity index (χ2n) is 5.36. The summed E-state index contributed by atoms with van der Waals surface area (Å²) < 4.78 is 5.43. The molecule has 0 radical (unpaired) electrons. The molecule has 1 aliphatic heterocycles. The number of hydrogen-bond acceptors (Lipinski definition) is 4. The van der Waals surface area contributed by atoms with Crippen molar-refractivity contribution in [1.82, 2.24) is 5.01 Å². The molecule has 6 heteroatoms. The molecule has 1 heterocycles. The third-order valence-electron chi connectivity index (χ3n) is 3.79. The number of nitrogens with zero attached hydrogens (tertiary/aromatic N) is 2. The minimum absolute atomic E-state index is 0.0403. The van der Waals surface area contributed by atoms with Crippen LogP contribution in [-0.4, -0.2) is 36.4 Å². The van der Waals surface area contributed by atoms with Crippen LogP contribution >= 0.6 is 23.2 Å². The smallest absolute Gasteiger partial charge is 0.159 e. The summed E-state index contributed by atoms with van der Waals surface area (Å²) in [7, 11) is 0. The van der Waals surface area contributed by atoms with Crippen LogP contribution in [0.25, 0.3) is 0 Å². The van der Waals surface area contributed by atoms with E-state index in [1.54, 1.807) is 12.1 Å². The molecule has 0 aliphatic carbocycles. The Morgan fingerprint density at radius 1 is 1.09 bits per heavy atom. The monoisotopic (exact) mass is 352 g/mol. The van der Waals surface area contributed by atoms with Crippen molar-refractivity contribution in [3.05, 3.63) is 58.1 Å². The molecule has 0 amide bonds. The maximum absolute atomic E-state index is 10.4.